The van der Waals surface area contributed by atoms with Gasteiger partial charge in [0.15, 0.2) is 11.5 Å². The summed E-state index contributed by atoms with van der Waals surface area (Å²) in [5.41, 5.74) is 0.230. The molecule has 2 rings (SSSR count). The summed E-state index contributed by atoms with van der Waals surface area (Å²) < 4.78 is 36.7. The lowest BCUT2D eigenvalue weighted by Crippen LogP contribution is -2.49. The van der Waals surface area contributed by atoms with Crippen molar-refractivity contribution in [3.05, 3.63) is 17.8 Å². The highest BCUT2D eigenvalue weighted by Gasteiger charge is 2.30. The predicted octanol–water partition coefficient (Wildman–Crippen LogP) is 2.24. The molecule has 2 amide bonds. The molecular weight excluding hydrogens is 375 g/mol. The Morgan fingerprint density at radius 3 is 2.36 bits per heavy atom. The number of amides is 2. The van der Waals surface area contributed by atoms with Gasteiger partial charge in [0.25, 0.3) is 5.91 Å². The van der Waals surface area contributed by atoms with Gasteiger partial charge in [-0.1, -0.05) is 13.8 Å². The van der Waals surface area contributed by atoms with E-state index < -0.39 is 24.9 Å². The first-order valence-corrected chi connectivity index (χ1v) is 9.37. The van der Waals surface area contributed by atoms with Crippen LogP contribution in [0, 0.1) is 5.92 Å². The van der Waals surface area contributed by atoms with E-state index in [9.17, 15) is 22.8 Å². The van der Waals surface area contributed by atoms with Crippen molar-refractivity contribution in [1.29, 1.82) is 0 Å². The summed E-state index contributed by atoms with van der Waals surface area (Å²) in [6.45, 7) is 6.28. The van der Waals surface area contributed by atoms with E-state index in [1.807, 2.05) is 4.90 Å². The first-order valence-electron chi connectivity index (χ1n) is 9.37. The molecular formula is C18H26F3N5O2. The number of nitrogens with zero attached hydrogens (tertiary/aromatic N) is 4. The van der Waals surface area contributed by atoms with Gasteiger partial charge in [0.2, 0.25) is 5.91 Å². The number of halogens is 3. The van der Waals surface area contributed by atoms with Gasteiger partial charge in [-0.2, -0.15) is 13.2 Å². The number of piperazine rings is 1. The first kappa shape index (κ1) is 21.9. The summed E-state index contributed by atoms with van der Waals surface area (Å²) in [5, 5.41) is 10.8. The molecule has 0 atom stereocenters. The Morgan fingerprint density at radius 2 is 1.82 bits per heavy atom. The second-order valence-corrected chi connectivity index (χ2v) is 7.20. The van der Waals surface area contributed by atoms with Crippen molar-refractivity contribution in [3.63, 3.8) is 0 Å². The van der Waals surface area contributed by atoms with E-state index in [-0.39, 0.29) is 11.6 Å². The number of rotatable bonds is 7. The lowest BCUT2D eigenvalue weighted by atomic mass is 10.1. The fraction of sp³-hybridized carbons (Fsp3) is 0.667. The van der Waals surface area contributed by atoms with Crippen LogP contribution in [0.2, 0.25) is 0 Å². The minimum atomic E-state index is -4.32. The SMILES string of the molecule is CC(C)CCNC(=O)c1ccc(N2CCN(C(=O)CCC(F)(F)F)CC2)nn1. The zero-order valence-corrected chi connectivity index (χ0v) is 16.1. The summed E-state index contributed by atoms with van der Waals surface area (Å²) >= 11 is 0. The zero-order chi connectivity index (χ0) is 20.7. The van der Waals surface area contributed by atoms with Crippen LogP contribution in [0.25, 0.3) is 0 Å². The van der Waals surface area contributed by atoms with Gasteiger partial charge in [0.05, 0.1) is 6.42 Å². The summed E-state index contributed by atoms with van der Waals surface area (Å²) in [4.78, 5) is 27.2. The number of nitrogens with one attached hydrogen (secondary N) is 1. The van der Waals surface area contributed by atoms with Crippen LogP contribution in [-0.2, 0) is 4.79 Å². The lowest BCUT2D eigenvalue weighted by molar-refractivity contribution is -0.149. The van der Waals surface area contributed by atoms with Crippen molar-refractivity contribution in [2.75, 3.05) is 37.6 Å². The summed E-state index contributed by atoms with van der Waals surface area (Å²) in [5.74, 6) is 0.296. The summed E-state index contributed by atoms with van der Waals surface area (Å²) in [7, 11) is 0. The quantitative estimate of drug-likeness (QED) is 0.758. The van der Waals surface area contributed by atoms with Gasteiger partial charge in [0.1, 0.15) is 0 Å². The van der Waals surface area contributed by atoms with E-state index in [1.165, 1.54) is 4.90 Å². The minimum absolute atomic E-state index is 0.230. The molecule has 0 spiro atoms. The van der Waals surface area contributed by atoms with Crippen molar-refractivity contribution in [1.82, 2.24) is 20.4 Å². The van der Waals surface area contributed by atoms with E-state index >= 15 is 0 Å². The lowest BCUT2D eigenvalue weighted by Gasteiger charge is -2.35. The second-order valence-electron chi connectivity index (χ2n) is 7.20. The molecule has 7 nitrogen and oxygen atoms in total. The van der Waals surface area contributed by atoms with Gasteiger partial charge in [-0.25, -0.2) is 0 Å². The smallest absolute Gasteiger partial charge is 0.352 e. The fourth-order valence-corrected chi connectivity index (χ4v) is 2.77. The number of alkyl halides is 3. The molecule has 0 unspecified atom stereocenters. The number of aromatic nitrogens is 2. The standard InChI is InChI=1S/C18H26F3N5O2/c1-13(2)6-8-22-17(28)14-3-4-15(24-23-14)25-9-11-26(12-10-25)16(27)5-7-18(19,20)21/h3-4,13H,5-12H2,1-2H3,(H,22,28). The van der Waals surface area contributed by atoms with Crippen molar-refractivity contribution in [2.45, 2.75) is 39.3 Å². The molecule has 0 aliphatic carbocycles. The van der Waals surface area contributed by atoms with E-state index in [0.29, 0.717) is 44.5 Å². The highest BCUT2D eigenvalue weighted by Crippen LogP contribution is 2.22. The Kier molecular flexibility index (Phi) is 7.59. The van der Waals surface area contributed by atoms with Crippen LogP contribution in [0.5, 0.6) is 0 Å². The highest BCUT2D eigenvalue weighted by molar-refractivity contribution is 5.92. The third-order valence-electron chi connectivity index (χ3n) is 4.47. The average Bonchev–Trinajstić information content (AvgIpc) is 2.65. The van der Waals surface area contributed by atoms with Crippen LogP contribution in [0.1, 0.15) is 43.6 Å². The topological polar surface area (TPSA) is 78.4 Å². The molecule has 10 heteroatoms. The monoisotopic (exact) mass is 401 g/mol. The molecule has 1 N–H and O–H groups in total. The Morgan fingerprint density at radius 1 is 1.14 bits per heavy atom. The van der Waals surface area contributed by atoms with Gasteiger partial charge < -0.3 is 15.1 Å². The predicted molar refractivity (Wildman–Crippen MR) is 97.9 cm³/mol. The molecule has 1 aromatic rings. The Hall–Kier alpha value is -2.39. The second kappa shape index (κ2) is 9.70. The number of anilines is 1. The molecule has 1 aliphatic rings. The van der Waals surface area contributed by atoms with Gasteiger partial charge in [0, 0.05) is 39.1 Å². The Bertz CT molecular complexity index is 656. The molecule has 1 fully saturated rings. The average molecular weight is 401 g/mol. The molecule has 1 saturated heterocycles. The van der Waals surface area contributed by atoms with E-state index in [0.717, 1.165) is 6.42 Å². The minimum Gasteiger partial charge on any atom is -0.352 e. The number of carbonyl (C=O) groups excluding carboxylic acids is 2. The summed E-state index contributed by atoms with van der Waals surface area (Å²) in [6, 6.07) is 3.28. The van der Waals surface area contributed by atoms with Gasteiger partial charge >= 0.3 is 6.18 Å². The zero-order valence-electron chi connectivity index (χ0n) is 16.1. The molecule has 1 aliphatic heterocycles. The largest absolute Gasteiger partial charge is 0.389 e. The Labute approximate surface area is 162 Å². The molecule has 28 heavy (non-hydrogen) atoms. The van der Waals surface area contributed by atoms with Crippen molar-refractivity contribution >= 4 is 17.6 Å². The van der Waals surface area contributed by atoms with Crippen molar-refractivity contribution in [3.8, 4) is 0 Å². The van der Waals surface area contributed by atoms with E-state index in [2.05, 4.69) is 29.4 Å². The number of carbonyl (C=O) groups is 2. The molecule has 156 valence electrons. The van der Waals surface area contributed by atoms with Crippen LogP contribution in [0.4, 0.5) is 19.0 Å². The molecule has 1 aromatic heterocycles. The van der Waals surface area contributed by atoms with E-state index in [4.69, 9.17) is 0 Å². The number of hydrogen-bond acceptors (Lipinski definition) is 5. The third kappa shape index (κ3) is 6.97. The molecule has 0 aromatic carbocycles. The van der Waals surface area contributed by atoms with Crippen molar-refractivity contribution < 1.29 is 22.8 Å². The van der Waals surface area contributed by atoms with Crippen LogP contribution < -0.4 is 10.2 Å². The summed E-state index contributed by atoms with van der Waals surface area (Å²) in [6.07, 6.45) is -5.07. The number of hydrogen-bond donors (Lipinski definition) is 1. The normalized spacial score (nSPS) is 15.1. The van der Waals surface area contributed by atoms with Crippen LogP contribution in [0.3, 0.4) is 0 Å². The van der Waals surface area contributed by atoms with Gasteiger partial charge in [-0.3, -0.25) is 9.59 Å². The maximum Gasteiger partial charge on any atom is 0.389 e. The van der Waals surface area contributed by atoms with Crippen molar-refractivity contribution in [2.24, 2.45) is 5.92 Å². The maximum absolute atomic E-state index is 12.2. The fourth-order valence-electron chi connectivity index (χ4n) is 2.77. The molecule has 0 bridgehead atoms. The maximum atomic E-state index is 12.2. The van der Waals surface area contributed by atoms with Crippen LogP contribution in [-0.4, -0.2) is 65.8 Å². The molecule has 0 saturated carbocycles. The molecule has 0 radical (unpaired) electrons. The molecule has 2 heterocycles. The van der Waals surface area contributed by atoms with Crippen LogP contribution in [0.15, 0.2) is 12.1 Å². The first-order chi connectivity index (χ1) is 13.2. The highest BCUT2D eigenvalue weighted by atomic mass is 19.4. The van der Waals surface area contributed by atoms with Gasteiger partial charge in [-0.05, 0) is 24.5 Å². The van der Waals surface area contributed by atoms with Crippen LogP contribution >= 0.6 is 0 Å². The third-order valence-corrected chi connectivity index (χ3v) is 4.47. The Balaban J connectivity index is 1.81. The van der Waals surface area contributed by atoms with Gasteiger partial charge in [-0.15, -0.1) is 10.2 Å². The van der Waals surface area contributed by atoms with E-state index in [1.54, 1.807) is 12.1 Å².